The summed E-state index contributed by atoms with van der Waals surface area (Å²) in [6.45, 7) is 12.9. The van der Waals surface area contributed by atoms with Crippen LogP contribution in [0.3, 0.4) is 0 Å². The summed E-state index contributed by atoms with van der Waals surface area (Å²) in [4.78, 5) is 14.1. The quantitative estimate of drug-likeness (QED) is 0.242. The van der Waals surface area contributed by atoms with Crippen molar-refractivity contribution in [3.05, 3.63) is 0 Å². The molecule has 0 atom stereocenters. The number of hydrogen-bond donors (Lipinski definition) is 1. The fourth-order valence-electron chi connectivity index (χ4n) is 3.59. The van der Waals surface area contributed by atoms with E-state index in [1.807, 2.05) is 0 Å². The van der Waals surface area contributed by atoms with Gasteiger partial charge in [0.1, 0.15) is 0 Å². The van der Waals surface area contributed by atoms with Gasteiger partial charge in [0.15, 0.2) is 0 Å². The molecule has 3 nitrogen and oxygen atoms in total. The number of unbranched alkanes of at least 4 members (excludes halogenated alkanes) is 11. The van der Waals surface area contributed by atoms with Gasteiger partial charge in [0.05, 0.1) is 0 Å². The number of nitrogens with zero attached hydrogens (tertiary/aromatic N) is 1. The molecular weight excluding hydrogens is 332 g/mol. The Morgan fingerprint density at radius 3 is 1.63 bits per heavy atom. The Kier molecular flexibility index (Phi) is 19.7. The molecule has 0 saturated carbocycles. The molecule has 0 aromatic heterocycles. The van der Waals surface area contributed by atoms with Crippen LogP contribution in [0.15, 0.2) is 0 Å². The number of amides is 1. The average Bonchev–Trinajstić information content (AvgIpc) is 2.65. The second-order valence-electron chi connectivity index (χ2n) is 8.55. The predicted octanol–water partition coefficient (Wildman–Crippen LogP) is 6.56. The van der Waals surface area contributed by atoms with E-state index in [1.54, 1.807) is 0 Å². The number of rotatable bonds is 20. The Bertz CT molecular complexity index is 314. The highest BCUT2D eigenvalue weighted by Crippen LogP contribution is 2.14. The van der Waals surface area contributed by atoms with E-state index < -0.39 is 0 Å². The molecule has 0 aliphatic carbocycles. The average molecular weight is 383 g/mol. The van der Waals surface area contributed by atoms with Crippen molar-refractivity contribution < 1.29 is 4.79 Å². The number of carbonyl (C=O) groups is 1. The lowest BCUT2D eigenvalue weighted by molar-refractivity contribution is -0.121. The van der Waals surface area contributed by atoms with Gasteiger partial charge >= 0.3 is 0 Å². The van der Waals surface area contributed by atoms with Gasteiger partial charge in [-0.25, -0.2) is 0 Å². The Balaban J connectivity index is 3.21. The highest BCUT2D eigenvalue weighted by Gasteiger charge is 2.03. The molecule has 0 heterocycles. The Hall–Kier alpha value is -0.570. The predicted molar refractivity (Wildman–Crippen MR) is 120 cm³/mol. The van der Waals surface area contributed by atoms with E-state index in [4.69, 9.17) is 0 Å². The zero-order valence-electron chi connectivity index (χ0n) is 19.2. The molecule has 0 fully saturated rings. The molecule has 3 heteroatoms. The van der Waals surface area contributed by atoms with Crippen molar-refractivity contribution in [1.29, 1.82) is 0 Å². The minimum atomic E-state index is 0.232. The molecule has 162 valence electrons. The Morgan fingerprint density at radius 2 is 1.19 bits per heavy atom. The zero-order valence-corrected chi connectivity index (χ0v) is 19.2. The largest absolute Gasteiger partial charge is 0.355 e. The van der Waals surface area contributed by atoms with Crippen molar-refractivity contribution in [2.75, 3.05) is 26.2 Å². The molecule has 0 aromatic carbocycles. The lowest BCUT2D eigenvalue weighted by Gasteiger charge is -2.17. The fourth-order valence-corrected chi connectivity index (χ4v) is 3.59. The van der Waals surface area contributed by atoms with Crippen molar-refractivity contribution >= 4 is 5.91 Å². The second kappa shape index (κ2) is 20.2. The first-order valence-electron chi connectivity index (χ1n) is 12.1. The van der Waals surface area contributed by atoms with Crippen molar-refractivity contribution in [2.45, 2.75) is 118 Å². The fraction of sp³-hybridized carbons (Fsp3) is 0.958. The van der Waals surface area contributed by atoms with Crippen LogP contribution in [-0.4, -0.2) is 37.0 Å². The topological polar surface area (TPSA) is 32.3 Å². The summed E-state index contributed by atoms with van der Waals surface area (Å²) in [5, 5.41) is 3.05. The van der Waals surface area contributed by atoms with Gasteiger partial charge in [-0.2, -0.15) is 0 Å². The lowest BCUT2D eigenvalue weighted by Crippen LogP contribution is -2.34. The number of hydrogen-bond acceptors (Lipinski definition) is 2. The maximum Gasteiger partial charge on any atom is 0.220 e. The summed E-state index contributed by atoms with van der Waals surface area (Å²) in [6.07, 6.45) is 18.3. The van der Waals surface area contributed by atoms with Crippen LogP contribution in [-0.2, 0) is 4.79 Å². The van der Waals surface area contributed by atoms with Crippen LogP contribution >= 0.6 is 0 Å². The van der Waals surface area contributed by atoms with Crippen molar-refractivity contribution in [3.8, 4) is 0 Å². The van der Waals surface area contributed by atoms with Crippen LogP contribution in [0.2, 0.25) is 0 Å². The smallest absolute Gasteiger partial charge is 0.220 e. The molecule has 0 spiro atoms. The molecular formula is C24H50N2O. The van der Waals surface area contributed by atoms with Crippen LogP contribution in [0.4, 0.5) is 0 Å². The molecule has 0 saturated heterocycles. The zero-order chi connectivity index (χ0) is 20.2. The Labute approximate surface area is 171 Å². The number of nitrogens with one attached hydrogen (secondary N) is 1. The molecule has 0 radical (unpaired) electrons. The van der Waals surface area contributed by atoms with Gasteiger partial charge in [0.2, 0.25) is 5.91 Å². The third-order valence-electron chi connectivity index (χ3n) is 5.58. The molecule has 0 aliphatic heterocycles. The van der Waals surface area contributed by atoms with E-state index >= 15 is 0 Å². The molecule has 0 bridgehead atoms. The minimum absolute atomic E-state index is 0.232. The maximum absolute atomic E-state index is 11.8. The molecule has 0 aliphatic rings. The van der Waals surface area contributed by atoms with Crippen LogP contribution < -0.4 is 5.32 Å². The highest BCUT2D eigenvalue weighted by molar-refractivity contribution is 5.75. The van der Waals surface area contributed by atoms with Gasteiger partial charge in [-0.15, -0.1) is 0 Å². The van der Waals surface area contributed by atoms with E-state index in [0.717, 1.165) is 38.5 Å². The Morgan fingerprint density at radius 1 is 0.741 bits per heavy atom. The van der Waals surface area contributed by atoms with E-state index in [-0.39, 0.29) is 5.91 Å². The second-order valence-corrected chi connectivity index (χ2v) is 8.55. The van der Waals surface area contributed by atoms with Crippen molar-refractivity contribution in [2.24, 2.45) is 5.92 Å². The molecule has 1 N–H and O–H groups in total. The van der Waals surface area contributed by atoms with Gasteiger partial charge in [0.25, 0.3) is 0 Å². The number of likely N-dealkylation sites (N-methyl/N-ethyl adjacent to an activating group) is 1. The van der Waals surface area contributed by atoms with Gasteiger partial charge in [0, 0.05) is 19.5 Å². The summed E-state index contributed by atoms with van der Waals surface area (Å²) in [6, 6.07) is 0. The molecule has 0 unspecified atom stereocenters. The first-order valence-corrected chi connectivity index (χ1v) is 12.1. The monoisotopic (exact) mass is 382 g/mol. The van der Waals surface area contributed by atoms with Crippen LogP contribution in [0.25, 0.3) is 0 Å². The van der Waals surface area contributed by atoms with Crippen molar-refractivity contribution in [3.63, 3.8) is 0 Å². The number of carbonyl (C=O) groups excluding carboxylic acids is 1. The van der Waals surface area contributed by atoms with Gasteiger partial charge in [-0.3, -0.25) is 4.79 Å². The van der Waals surface area contributed by atoms with Gasteiger partial charge in [-0.05, 0) is 25.4 Å². The standard InChI is InChI=1S/C24H50N2O/c1-5-26(6-2)22-21-25-24(27)20-18-16-14-12-10-8-7-9-11-13-15-17-19-23(3)4/h23H,5-22H2,1-4H3,(H,25,27). The summed E-state index contributed by atoms with van der Waals surface area (Å²) in [7, 11) is 0. The summed E-state index contributed by atoms with van der Waals surface area (Å²) in [5.74, 6) is 1.10. The van der Waals surface area contributed by atoms with Crippen LogP contribution in [0, 0.1) is 5.92 Å². The van der Waals surface area contributed by atoms with Gasteiger partial charge in [-0.1, -0.05) is 105 Å². The summed E-state index contributed by atoms with van der Waals surface area (Å²) >= 11 is 0. The first kappa shape index (κ1) is 26.4. The minimum Gasteiger partial charge on any atom is -0.355 e. The van der Waals surface area contributed by atoms with E-state index in [1.165, 1.54) is 77.0 Å². The molecule has 1 amide bonds. The van der Waals surface area contributed by atoms with Crippen LogP contribution in [0.1, 0.15) is 118 Å². The van der Waals surface area contributed by atoms with E-state index in [2.05, 4.69) is 37.9 Å². The molecule has 27 heavy (non-hydrogen) atoms. The molecule has 0 rings (SSSR count). The first-order chi connectivity index (χ1) is 13.1. The third-order valence-corrected chi connectivity index (χ3v) is 5.58. The van der Waals surface area contributed by atoms with E-state index in [9.17, 15) is 4.79 Å². The highest BCUT2D eigenvalue weighted by atomic mass is 16.1. The molecule has 0 aromatic rings. The van der Waals surface area contributed by atoms with Crippen molar-refractivity contribution in [1.82, 2.24) is 10.2 Å². The lowest BCUT2D eigenvalue weighted by atomic mass is 10.0. The van der Waals surface area contributed by atoms with E-state index in [0.29, 0.717) is 6.42 Å². The normalized spacial score (nSPS) is 11.5. The maximum atomic E-state index is 11.8. The van der Waals surface area contributed by atoms with Crippen LogP contribution in [0.5, 0.6) is 0 Å². The SMILES string of the molecule is CCN(CC)CCNC(=O)CCCCCCCCCCCCCCC(C)C. The summed E-state index contributed by atoms with van der Waals surface area (Å²) < 4.78 is 0. The third kappa shape index (κ3) is 20.0. The van der Waals surface area contributed by atoms with Gasteiger partial charge < -0.3 is 10.2 Å². The summed E-state index contributed by atoms with van der Waals surface area (Å²) in [5.41, 5.74) is 0.